The fourth-order valence-corrected chi connectivity index (χ4v) is 1.75. The van der Waals surface area contributed by atoms with Crippen LogP contribution in [-0.4, -0.2) is 18.7 Å². The maximum atomic E-state index is 12.4. The Kier molecular flexibility index (Phi) is 5.57. The monoisotopic (exact) mass is 336 g/mol. The van der Waals surface area contributed by atoms with Crippen molar-refractivity contribution in [2.75, 3.05) is 6.61 Å². The molecule has 0 saturated heterocycles. The summed E-state index contributed by atoms with van der Waals surface area (Å²) in [6, 6.07) is 11.6. The molecule has 2 aromatic carbocycles. The predicted molar refractivity (Wildman–Crippen MR) is 83.9 cm³/mol. The molecule has 0 aromatic heterocycles. The summed E-state index contributed by atoms with van der Waals surface area (Å²) < 4.78 is 42.3. The Bertz CT molecular complexity index is 708. The molecule has 24 heavy (non-hydrogen) atoms. The number of rotatable bonds is 5. The molecule has 0 unspecified atom stereocenters. The number of aryl methyl sites for hydroxylation is 1. The molecule has 4 nitrogen and oxygen atoms in total. The summed E-state index contributed by atoms with van der Waals surface area (Å²) in [7, 11) is 0. The molecule has 7 heteroatoms. The van der Waals surface area contributed by atoms with Crippen LogP contribution in [0.1, 0.15) is 16.7 Å². The first kappa shape index (κ1) is 17.5. The van der Waals surface area contributed by atoms with E-state index in [1.807, 2.05) is 31.2 Å². The minimum Gasteiger partial charge on any atom is -0.484 e. The third-order valence-electron chi connectivity index (χ3n) is 3.03. The summed E-state index contributed by atoms with van der Waals surface area (Å²) in [6.45, 7) is 1.61. The quantitative estimate of drug-likeness (QED) is 0.671. The SMILES string of the molecule is Cc1ccc(C=NNC(=O)COc2ccc(C(F)(F)F)cc2)cc1. The summed E-state index contributed by atoms with van der Waals surface area (Å²) in [5.74, 6) is -0.348. The van der Waals surface area contributed by atoms with Crippen molar-refractivity contribution >= 4 is 12.1 Å². The third kappa shape index (κ3) is 5.42. The van der Waals surface area contributed by atoms with Crippen molar-refractivity contribution in [1.29, 1.82) is 0 Å². The Labute approximate surface area is 137 Å². The average Bonchev–Trinajstić information content (AvgIpc) is 2.54. The van der Waals surface area contributed by atoms with E-state index < -0.39 is 17.6 Å². The highest BCUT2D eigenvalue weighted by molar-refractivity contribution is 5.82. The molecular weight excluding hydrogens is 321 g/mol. The number of nitrogens with zero attached hydrogens (tertiary/aromatic N) is 1. The van der Waals surface area contributed by atoms with E-state index >= 15 is 0 Å². The highest BCUT2D eigenvalue weighted by Gasteiger charge is 2.30. The van der Waals surface area contributed by atoms with Gasteiger partial charge in [-0.05, 0) is 36.8 Å². The van der Waals surface area contributed by atoms with Crippen LogP contribution in [0.5, 0.6) is 5.75 Å². The Hall–Kier alpha value is -2.83. The normalized spacial score (nSPS) is 11.5. The second-order valence-corrected chi connectivity index (χ2v) is 5.01. The topological polar surface area (TPSA) is 50.7 Å². The number of ether oxygens (including phenoxy) is 1. The number of hydrogen-bond acceptors (Lipinski definition) is 3. The fourth-order valence-electron chi connectivity index (χ4n) is 1.75. The predicted octanol–water partition coefficient (Wildman–Crippen LogP) is 3.54. The zero-order valence-electron chi connectivity index (χ0n) is 12.8. The molecule has 0 atom stereocenters. The van der Waals surface area contributed by atoms with Crippen LogP contribution in [-0.2, 0) is 11.0 Å². The molecule has 0 bridgehead atoms. The van der Waals surface area contributed by atoms with Gasteiger partial charge >= 0.3 is 6.18 Å². The number of carbonyl (C=O) groups is 1. The zero-order chi connectivity index (χ0) is 17.6. The van der Waals surface area contributed by atoms with Gasteiger partial charge in [-0.1, -0.05) is 29.8 Å². The molecule has 1 N–H and O–H groups in total. The molecule has 0 heterocycles. The summed E-state index contributed by atoms with van der Waals surface area (Å²) in [4.78, 5) is 11.6. The van der Waals surface area contributed by atoms with Crippen molar-refractivity contribution in [2.24, 2.45) is 5.10 Å². The van der Waals surface area contributed by atoms with Crippen LogP contribution < -0.4 is 10.2 Å². The van der Waals surface area contributed by atoms with Crippen LogP contribution in [0.15, 0.2) is 53.6 Å². The summed E-state index contributed by atoms with van der Waals surface area (Å²) in [5, 5.41) is 3.78. The Morgan fingerprint density at radius 3 is 2.33 bits per heavy atom. The van der Waals surface area contributed by atoms with Gasteiger partial charge in [-0.15, -0.1) is 0 Å². The van der Waals surface area contributed by atoms with Crippen LogP contribution in [0.3, 0.4) is 0 Å². The molecule has 1 amide bonds. The smallest absolute Gasteiger partial charge is 0.416 e. The Morgan fingerprint density at radius 1 is 1.12 bits per heavy atom. The van der Waals surface area contributed by atoms with Crippen molar-refractivity contribution in [1.82, 2.24) is 5.43 Å². The van der Waals surface area contributed by atoms with Gasteiger partial charge < -0.3 is 4.74 Å². The molecule has 2 aromatic rings. The van der Waals surface area contributed by atoms with Crippen molar-refractivity contribution in [3.05, 3.63) is 65.2 Å². The largest absolute Gasteiger partial charge is 0.484 e. The maximum Gasteiger partial charge on any atom is 0.416 e. The van der Waals surface area contributed by atoms with Crippen LogP contribution in [0.2, 0.25) is 0 Å². The first-order chi connectivity index (χ1) is 11.3. The fraction of sp³-hybridized carbons (Fsp3) is 0.176. The molecule has 0 saturated carbocycles. The first-order valence-electron chi connectivity index (χ1n) is 7.03. The van der Waals surface area contributed by atoms with Gasteiger partial charge in [0, 0.05) is 0 Å². The van der Waals surface area contributed by atoms with Gasteiger partial charge in [0.25, 0.3) is 5.91 Å². The number of nitrogens with one attached hydrogen (secondary N) is 1. The lowest BCUT2D eigenvalue weighted by Crippen LogP contribution is -2.24. The van der Waals surface area contributed by atoms with Crippen LogP contribution in [0, 0.1) is 6.92 Å². The van der Waals surface area contributed by atoms with Gasteiger partial charge in [0.1, 0.15) is 5.75 Å². The second kappa shape index (κ2) is 7.63. The van der Waals surface area contributed by atoms with Crippen LogP contribution in [0.4, 0.5) is 13.2 Å². The van der Waals surface area contributed by atoms with E-state index in [1.54, 1.807) is 0 Å². The van der Waals surface area contributed by atoms with Gasteiger partial charge in [-0.25, -0.2) is 5.43 Å². The molecule has 0 aliphatic rings. The highest BCUT2D eigenvalue weighted by atomic mass is 19.4. The minimum absolute atomic E-state index is 0.167. The van der Waals surface area contributed by atoms with Crippen molar-refractivity contribution in [3.63, 3.8) is 0 Å². The van der Waals surface area contributed by atoms with E-state index in [0.717, 1.165) is 35.4 Å². The van der Waals surface area contributed by atoms with E-state index in [4.69, 9.17) is 4.74 Å². The summed E-state index contributed by atoms with van der Waals surface area (Å²) in [6.07, 6.45) is -2.92. The molecule has 2 rings (SSSR count). The van der Waals surface area contributed by atoms with Crippen LogP contribution in [0.25, 0.3) is 0 Å². The van der Waals surface area contributed by atoms with E-state index in [2.05, 4.69) is 10.5 Å². The van der Waals surface area contributed by atoms with Crippen LogP contribution >= 0.6 is 0 Å². The Morgan fingerprint density at radius 2 is 1.75 bits per heavy atom. The molecule has 126 valence electrons. The van der Waals surface area contributed by atoms with Gasteiger partial charge in [0.05, 0.1) is 11.8 Å². The first-order valence-corrected chi connectivity index (χ1v) is 7.03. The van der Waals surface area contributed by atoms with E-state index in [-0.39, 0.29) is 12.4 Å². The van der Waals surface area contributed by atoms with Gasteiger partial charge in [-0.2, -0.15) is 18.3 Å². The molecule has 0 aliphatic carbocycles. The number of hydrazone groups is 1. The number of hydrogen-bond donors (Lipinski definition) is 1. The lowest BCUT2D eigenvalue weighted by molar-refractivity contribution is -0.137. The number of halogens is 3. The summed E-state index contributed by atoms with van der Waals surface area (Å²) >= 11 is 0. The van der Waals surface area contributed by atoms with Gasteiger partial charge in [0.2, 0.25) is 0 Å². The second-order valence-electron chi connectivity index (χ2n) is 5.01. The maximum absolute atomic E-state index is 12.4. The molecule has 0 fully saturated rings. The molecule has 0 aliphatic heterocycles. The number of amides is 1. The highest BCUT2D eigenvalue weighted by Crippen LogP contribution is 2.30. The lowest BCUT2D eigenvalue weighted by Gasteiger charge is -2.08. The average molecular weight is 336 g/mol. The molecular formula is C17H15F3N2O2. The van der Waals surface area contributed by atoms with E-state index in [0.29, 0.717) is 0 Å². The number of benzene rings is 2. The Balaban J connectivity index is 1.79. The third-order valence-corrected chi connectivity index (χ3v) is 3.03. The number of carbonyl (C=O) groups excluding carboxylic acids is 1. The van der Waals surface area contributed by atoms with E-state index in [9.17, 15) is 18.0 Å². The lowest BCUT2D eigenvalue weighted by atomic mass is 10.2. The minimum atomic E-state index is -4.40. The zero-order valence-corrected chi connectivity index (χ0v) is 12.8. The van der Waals surface area contributed by atoms with Crippen molar-refractivity contribution in [2.45, 2.75) is 13.1 Å². The van der Waals surface area contributed by atoms with Crippen molar-refractivity contribution in [3.8, 4) is 5.75 Å². The molecule has 0 spiro atoms. The van der Waals surface area contributed by atoms with Gasteiger partial charge in [-0.3, -0.25) is 4.79 Å². The van der Waals surface area contributed by atoms with Gasteiger partial charge in [0.15, 0.2) is 6.61 Å². The standard InChI is InChI=1S/C17H15F3N2O2/c1-12-2-4-13(5-3-12)10-21-22-16(23)11-24-15-8-6-14(7-9-15)17(18,19)20/h2-10H,11H2,1H3,(H,22,23). The van der Waals surface area contributed by atoms with Crippen molar-refractivity contribution < 1.29 is 22.7 Å². The van der Waals surface area contributed by atoms with E-state index in [1.165, 1.54) is 6.21 Å². The number of alkyl halides is 3. The molecule has 0 radical (unpaired) electrons. The summed E-state index contributed by atoms with van der Waals surface area (Å²) in [5.41, 5.74) is 3.44.